The first kappa shape index (κ1) is 15.8. The van der Waals surface area contributed by atoms with Gasteiger partial charge in [0.1, 0.15) is 6.61 Å². The third-order valence-corrected chi connectivity index (χ3v) is 2.40. The maximum atomic E-state index is 11.5. The van der Waals surface area contributed by atoms with Crippen LogP contribution in [0.3, 0.4) is 0 Å². The molecule has 1 aromatic rings. The largest absolute Gasteiger partial charge is 0.508 e. The fourth-order valence-electron chi connectivity index (χ4n) is 1.53. The molecule has 0 aromatic heterocycles. The van der Waals surface area contributed by atoms with Crippen LogP contribution >= 0.6 is 0 Å². The molecular weight excluding hydrogens is 262 g/mol. The van der Waals surface area contributed by atoms with Gasteiger partial charge in [-0.15, -0.1) is 0 Å². The van der Waals surface area contributed by atoms with Gasteiger partial charge in [0.25, 0.3) is 0 Å². The standard InChI is InChI=1S/C14H19NO5/c1-3-18-13(16)15-12(10-20-14(17)19-4-2)11-8-6-5-7-9-11/h5-9,12H,3-4,10H2,1-2H3,(H,15,16)/t12-/m0/s1. The van der Waals surface area contributed by atoms with Crippen molar-refractivity contribution in [2.45, 2.75) is 19.9 Å². The Bertz CT molecular complexity index is 421. The smallest absolute Gasteiger partial charge is 0.450 e. The van der Waals surface area contributed by atoms with Crippen LogP contribution in [-0.2, 0) is 14.2 Å². The Morgan fingerprint density at radius 2 is 1.70 bits per heavy atom. The topological polar surface area (TPSA) is 73.9 Å². The van der Waals surface area contributed by atoms with Crippen LogP contribution in [0.5, 0.6) is 0 Å². The van der Waals surface area contributed by atoms with Gasteiger partial charge in [0.05, 0.1) is 19.3 Å². The first-order valence-electron chi connectivity index (χ1n) is 6.45. The highest BCUT2D eigenvalue weighted by molar-refractivity contribution is 5.68. The van der Waals surface area contributed by atoms with Crippen LogP contribution in [0.2, 0.25) is 0 Å². The van der Waals surface area contributed by atoms with Crippen LogP contribution in [0.1, 0.15) is 25.5 Å². The van der Waals surface area contributed by atoms with Crippen molar-refractivity contribution in [3.05, 3.63) is 35.9 Å². The van der Waals surface area contributed by atoms with Crippen LogP contribution in [0.25, 0.3) is 0 Å². The lowest BCUT2D eigenvalue weighted by Gasteiger charge is -2.18. The van der Waals surface area contributed by atoms with Crippen molar-refractivity contribution in [1.82, 2.24) is 5.32 Å². The number of rotatable bonds is 6. The van der Waals surface area contributed by atoms with Gasteiger partial charge in [0, 0.05) is 0 Å². The molecule has 0 aliphatic rings. The van der Waals surface area contributed by atoms with Crippen molar-refractivity contribution in [1.29, 1.82) is 0 Å². The van der Waals surface area contributed by atoms with E-state index in [4.69, 9.17) is 9.47 Å². The third-order valence-electron chi connectivity index (χ3n) is 2.40. The van der Waals surface area contributed by atoms with E-state index in [0.717, 1.165) is 5.56 Å². The number of carbonyl (C=O) groups excluding carboxylic acids is 2. The summed E-state index contributed by atoms with van der Waals surface area (Å²) in [5, 5.41) is 2.64. The molecule has 0 unspecified atom stereocenters. The zero-order chi connectivity index (χ0) is 14.8. The summed E-state index contributed by atoms with van der Waals surface area (Å²) in [6.07, 6.45) is -1.33. The fourth-order valence-corrected chi connectivity index (χ4v) is 1.53. The van der Waals surface area contributed by atoms with E-state index in [0.29, 0.717) is 0 Å². The van der Waals surface area contributed by atoms with Crippen LogP contribution in [0.15, 0.2) is 30.3 Å². The Morgan fingerprint density at radius 3 is 2.30 bits per heavy atom. The number of amides is 1. The maximum Gasteiger partial charge on any atom is 0.508 e. The Balaban J connectivity index is 2.64. The Kier molecular flexibility index (Phi) is 6.95. The van der Waals surface area contributed by atoms with Gasteiger partial charge >= 0.3 is 12.2 Å². The molecule has 0 saturated heterocycles. The number of benzene rings is 1. The zero-order valence-corrected chi connectivity index (χ0v) is 11.6. The molecule has 0 radical (unpaired) electrons. The van der Waals surface area contributed by atoms with Crippen molar-refractivity contribution in [3.8, 4) is 0 Å². The summed E-state index contributed by atoms with van der Waals surface area (Å²) in [7, 11) is 0. The molecule has 0 spiro atoms. The summed E-state index contributed by atoms with van der Waals surface area (Å²) in [6, 6.07) is 8.69. The first-order valence-corrected chi connectivity index (χ1v) is 6.45. The molecule has 1 rings (SSSR count). The molecule has 0 bridgehead atoms. The second-order valence-electron chi connectivity index (χ2n) is 3.82. The molecule has 20 heavy (non-hydrogen) atoms. The second kappa shape index (κ2) is 8.79. The van der Waals surface area contributed by atoms with E-state index in [2.05, 4.69) is 10.1 Å². The van der Waals surface area contributed by atoms with Crippen LogP contribution < -0.4 is 5.32 Å². The van der Waals surface area contributed by atoms with E-state index in [1.807, 2.05) is 30.3 Å². The predicted molar refractivity (Wildman–Crippen MR) is 72.3 cm³/mol. The molecule has 0 aliphatic heterocycles. The van der Waals surface area contributed by atoms with Gasteiger partial charge in [-0.3, -0.25) is 0 Å². The molecule has 0 heterocycles. The third kappa shape index (κ3) is 5.60. The van der Waals surface area contributed by atoms with E-state index in [-0.39, 0.29) is 19.8 Å². The van der Waals surface area contributed by atoms with Gasteiger partial charge in [-0.1, -0.05) is 30.3 Å². The average Bonchev–Trinajstić information content (AvgIpc) is 2.45. The van der Waals surface area contributed by atoms with Crippen LogP contribution in [-0.4, -0.2) is 32.1 Å². The summed E-state index contributed by atoms with van der Waals surface area (Å²) in [6.45, 7) is 3.88. The lowest BCUT2D eigenvalue weighted by molar-refractivity contribution is 0.0508. The van der Waals surface area contributed by atoms with Gasteiger partial charge in [-0.2, -0.15) is 0 Å². The highest BCUT2D eigenvalue weighted by Gasteiger charge is 2.17. The molecule has 6 heteroatoms. The number of carbonyl (C=O) groups is 2. The van der Waals surface area contributed by atoms with Crippen molar-refractivity contribution < 1.29 is 23.8 Å². The molecule has 1 atom stereocenters. The SMILES string of the molecule is CCOC(=O)N[C@@H](COC(=O)OCC)c1ccccc1. The number of hydrogen-bond acceptors (Lipinski definition) is 5. The van der Waals surface area contributed by atoms with E-state index < -0.39 is 18.3 Å². The molecule has 0 aliphatic carbocycles. The maximum absolute atomic E-state index is 11.5. The van der Waals surface area contributed by atoms with Gasteiger partial charge in [0.2, 0.25) is 0 Å². The van der Waals surface area contributed by atoms with Gasteiger partial charge < -0.3 is 19.5 Å². The summed E-state index contributed by atoms with van der Waals surface area (Å²) in [5.41, 5.74) is 0.810. The molecule has 1 aromatic carbocycles. The van der Waals surface area contributed by atoms with Gasteiger partial charge in [-0.25, -0.2) is 9.59 Å². The molecular formula is C14H19NO5. The highest BCUT2D eigenvalue weighted by Crippen LogP contribution is 2.13. The van der Waals surface area contributed by atoms with Crippen molar-refractivity contribution in [3.63, 3.8) is 0 Å². The monoisotopic (exact) mass is 281 g/mol. The van der Waals surface area contributed by atoms with Gasteiger partial charge in [-0.05, 0) is 19.4 Å². The quantitative estimate of drug-likeness (QED) is 0.811. The molecule has 110 valence electrons. The van der Waals surface area contributed by atoms with E-state index >= 15 is 0 Å². The Hall–Kier alpha value is -2.24. The minimum Gasteiger partial charge on any atom is -0.450 e. The molecule has 0 saturated carbocycles. The summed E-state index contributed by atoms with van der Waals surface area (Å²) < 4.78 is 14.4. The lowest BCUT2D eigenvalue weighted by Crippen LogP contribution is -2.32. The van der Waals surface area contributed by atoms with Crippen molar-refractivity contribution in [2.24, 2.45) is 0 Å². The molecule has 1 N–H and O–H groups in total. The Morgan fingerprint density at radius 1 is 1.05 bits per heavy atom. The highest BCUT2D eigenvalue weighted by atomic mass is 16.7. The summed E-state index contributed by atoms with van der Waals surface area (Å²) >= 11 is 0. The summed E-state index contributed by atoms with van der Waals surface area (Å²) in [5.74, 6) is 0. The van der Waals surface area contributed by atoms with Crippen LogP contribution in [0.4, 0.5) is 9.59 Å². The lowest BCUT2D eigenvalue weighted by atomic mass is 10.1. The number of ether oxygens (including phenoxy) is 3. The van der Waals surface area contributed by atoms with Crippen molar-refractivity contribution >= 4 is 12.2 Å². The number of alkyl carbamates (subject to hydrolysis) is 1. The molecule has 6 nitrogen and oxygen atoms in total. The zero-order valence-electron chi connectivity index (χ0n) is 11.6. The average molecular weight is 281 g/mol. The summed E-state index contributed by atoms with van der Waals surface area (Å²) in [4.78, 5) is 22.7. The van der Waals surface area contributed by atoms with Crippen molar-refractivity contribution in [2.75, 3.05) is 19.8 Å². The number of hydrogen-bond donors (Lipinski definition) is 1. The molecule has 0 fully saturated rings. The van der Waals surface area contributed by atoms with E-state index in [1.165, 1.54) is 0 Å². The van der Waals surface area contributed by atoms with Crippen LogP contribution in [0, 0.1) is 0 Å². The van der Waals surface area contributed by atoms with E-state index in [1.54, 1.807) is 13.8 Å². The molecule has 1 amide bonds. The first-order chi connectivity index (χ1) is 9.67. The van der Waals surface area contributed by atoms with Gasteiger partial charge in [0.15, 0.2) is 0 Å². The second-order valence-corrected chi connectivity index (χ2v) is 3.82. The number of nitrogens with one attached hydrogen (secondary N) is 1. The Labute approximate surface area is 118 Å². The predicted octanol–water partition coefficient (Wildman–Crippen LogP) is 2.65. The minimum atomic E-state index is -0.765. The fraction of sp³-hybridized carbons (Fsp3) is 0.429. The van der Waals surface area contributed by atoms with E-state index in [9.17, 15) is 9.59 Å². The normalized spacial score (nSPS) is 11.3. The minimum absolute atomic E-state index is 0.0261.